The number of fused-ring (bicyclic) bond motifs is 5. The number of ketones is 1. The lowest BCUT2D eigenvalue weighted by Crippen LogP contribution is -2.65. The number of hydrogen-bond acceptors (Lipinski definition) is 7. The average molecular weight is 575 g/mol. The van der Waals surface area contributed by atoms with Gasteiger partial charge in [-0.25, -0.2) is 0 Å². The molecule has 0 saturated heterocycles. The Kier molecular flexibility index (Phi) is 9.65. The average Bonchev–Trinajstić information content (AvgIpc) is 3.32. The highest BCUT2D eigenvalue weighted by atomic mass is 16.6. The van der Waals surface area contributed by atoms with Gasteiger partial charge in [-0.05, 0) is 24.5 Å². The fourth-order valence-electron chi connectivity index (χ4n) is 8.74. The Morgan fingerprint density at radius 3 is 2.07 bits per heavy atom. The Labute approximate surface area is 246 Å². The van der Waals surface area contributed by atoms with E-state index in [4.69, 9.17) is 4.74 Å². The summed E-state index contributed by atoms with van der Waals surface area (Å²) in [6, 6.07) is 0. The molecule has 0 amide bonds. The van der Waals surface area contributed by atoms with Gasteiger partial charge in [-0.2, -0.15) is 0 Å². The maximum absolute atomic E-state index is 13.2. The molecule has 8 atom stereocenters. The molecule has 4 rings (SSSR count). The van der Waals surface area contributed by atoms with Crippen molar-refractivity contribution < 1.29 is 34.8 Å². The second-order valence-corrected chi connectivity index (χ2v) is 14.2. The third-order valence-corrected chi connectivity index (χ3v) is 11.2. The van der Waals surface area contributed by atoms with E-state index in [2.05, 4.69) is 6.92 Å². The standard InChI is InChI=1S/C34H54O7/c1-6-7-8-9-10-11-12-13-14-15-16-17-27(36)41-30-23(3)33(39)25(28-31(4,5)34(28,30)40)19-24(21-35)20-32(38)26(33)18-22(2)29(32)37/h18-19,23,25-26,28,30,35,38-40H,6-17,20-21H2,1-5H3/t23-,25?,26-,28-,30-,32-,33-,34-/m1/s1. The van der Waals surface area contributed by atoms with Gasteiger partial charge in [0.05, 0.1) is 12.2 Å². The van der Waals surface area contributed by atoms with Crippen LogP contribution in [0.5, 0.6) is 0 Å². The third-order valence-electron chi connectivity index (χ3n) is 11.2. The summed E-state index contributed by atoms with van der Waals surface area (Å²) in [5.41, 5.74) is -4.76. The molecule has 1 unspecified atom stereocenters. The molecule has 0 aromatic heterocycles. The van der Waals surface area contributed by atoms with E-state index in [-0.39, 0.29) is 25.4 Å². The third kappa shape index (κ3) is 5.38. The van der Waals surface area contributed by atoms with Gasteiger partial charge in [0.2, 0.25) is 0 Å². The zero-order chi connectivity index (χ0) is 30.2. The van der Waals surface area contributed by atoms with E-state index in [1.54, 1.807) is 26.0 Å². The van der Waals surface area contributed by atoms with Crippen LogP contribution in [0.15, 0.2) is 23.3 Å². The van der Waals surface area contributed by atoms with Crippen LogP contribution in [0.2, 0.25) is 0 Å². The van der Waals surface area contributed by atoms with Gasteiger partial charge in [-0.3, -0.25) is 9.59 Å². The molecule has 0 heterocycles. The first-order valence-electron chi connectivity index (χ1n) is 16.2. The van der Waals surface area contributed by atoms with Crippen LogP contribution in [0.3, 0.4) is 0 Å². The van der Waals surface area contributed by atoms with Gasteiger partial charge < -0.3 is 25.2 Å². The van der Waals surface area contributed by atoms with Crippen LogP contribution in [0.4, 0.5) is 0 Å². The van der Waals surface area contributed by atoms with E-state index in [1.165, 1.54) is 51.4 Å². The summed E-state index contributed by atoms with van der Waals surface area (Å²) in [7, 11) is 0. The Morgan fingerprint density at radius 1 is 0.951 bits per heavy atom. The molecular formula is C34H54O7. The van der Waals surface area contributed by atoms with Gasteiger partial charge in [-0.15, -0.1) is 0 Å². The molecule has 2 saturated carbocycles. The van der Waals surface area contributed by atoms with Crippen LogP contribution in [0.25, 0.3) is 0 Å². The van der Waals surface area contributed by atoms with Crippen molar-refractivity contribution in [2.24, 2.45) is 29.1 Å². The highest BCUT2D eigenvalue weighted by Crippen LogP contribution is 2.75. The lowest BCUT2D eigenvalue weighted by molar-refractivity contribution is -0.221. The summed E-state index contributed by atoms with van der Waals surface area (Å²) in [5, 5.41) is 46.3. The number of ether oxygens (including phenoxy) is 1. The highest BCUT2D eigenvalue weighted by Gasteiger charge is 2.85. The van der Waals surface area contributed by atoms with E-state index in [9.17, 15) is 30.0 Å². The van der Waals surface area contributed by atoms with Gasteiger partial charge in [0.25, 0.3) is 0 Å². The van der Waals surface area contributed by atoms with Crippen LogP contribution >= 0.6 is 0 Å². The molecule has 41 heavy (non-hydrogen) atoms. The zero-order valence-corrected chi connectivity index (χ0v) is 26.0. The van der Waals surface area contributed by atoms with Gasteiger partial charge in [0, 0.05) is 41.9 Å². The first kappa shape index (κ1) is 32.4. The smallest absolute Gasteiger partial charge is 0.306 e. The van der Waals surface area contributed by atoms with Crippen molar-refractivity contribution in [1.82, 2.24) is 0 Å². The summed E-state index contributed by atoms with van der Waals surface area (Å²) >= 11 is 0. The first-order valence-corrected chi connectivity index (χ1v) is 16.2. The first-order chi connectivity index (χ1) is 19.3. The number of unbranched alkanes of at least 4 members (excludes halogenated alkanes) is 10. The monoisotopic (exact) mass is 574 g/mol. The molecule has 0 aromatic rings. The Bertz CT molecular complexity index is 1050. The summed E-state index contributed by atoms with van der Waals surface area (Å²) in [4.78, 5) is 26.2. The molecule has 7 heteroatoms. The van der Waals surface area contributed by atoms with E-state index >= 15 is 0 Å². The van der Waals surface area contributed by atoms with Gasteiger partial charge in [-0.1, -0.05) is 104 Å². The van der Waals surface area contributed by atoms with Gasteiger partial charge in [0.1, 0.15) is 17.3 Å². The molecule has 232 valence electrons. The molecule has 0 bridgehead atoms. The lowest BCUT2D eigenvalue weighted by atomic mass is 9.59. The largest absolute Gasteiger partial charge is 0.459 e. The number of hydrogen-bond donors (Lipinski definition) is 4. The van der Waals surface area contributed by atoms with Crippen LogP contribution in [-0.4, -0.2) is 61.7 Å². The number of aliphatic hydroxyl groups excluding tert-OH is 1. The Hall–Kier alpha value is -1.54. The number of aliphatic hydroxyl groups is 4. The van der Waals surface area contributed by atoms with Crippen molar-refractivity contribution in [3.05, 3.63) is 23.3 Å². The predicted molar refractivity (Wildman–Crippen MR) is 158 cm³/mol. The summed E-state index contributed by atoms with van der Waals surface area (Å²) in [6.07, 6.45) is 15.6. The molecular weight excluding hydrogens is 520 g/mol. The van der Waals surface area contributed by atoms with Crippen LogP contribution < -0.4 is 0 Å². The SMILES string of the molecule is CCCCCCCCCCCCCC(=O)O[C@@H]1[C@@H](C)[C@@]2(O)C(C=C(CO)C[C@]3(O)C(=O)C(C)=C[C@@H]23)[C@@H]2C(C)(C)[C@]12O. The summed E-state index contributed by atoms with van der Waals surface area (Å²) in [5.74, 6) is -3.66. The second kappa shape index (κ2) is 12.2. The van der Waals surface area contributed by atoms with Crippen molar-refractivity contribution in [3.8, 4) is 0 Å². The van der Waals surface area contributed by atoms with E-state index in [1.807, 2.05) is 13.8 Å². The number of Topliss-reactive ketones (excluding diaryl/α,β-unsaturated/α-hetero) is 1. The maximum Gasteiger partial charge on any atom is 0.306 e. The Morgan fingerprint density at radius 2 is 1.51 bits per heavy atom. The second-order valence-electron chi connectivity index (χ2n) is 14.2. The van der Waals surface area contributed by atoms with Gasteiger partial charge >= 0.3 is 5.97 Å². The van der Waals surface area contributed by atoms with Crippen molar-refractivity contribution in [3.63, 3.8) is 0 Å². The predicted octanol–water partition coefficient (Wildman–Crippen LogP) is 5.18. The summed E-state index contributed by atoms with van der Waals surface area (Å²) < 4.78 is 6.03. The van der Waals surface area contributed by atoms with Crippen LogP contribution in [0.1, 0.15) is 118 Å². The molecule has 0 aromatic carbocycles. The molecule has 0 aliphatic heterocycles. The zero-order valence-electron chi connectivity index (χ0n) is 26.0. The van der Waals surface area contributed by atoms with E-state index in [0.717, 1.165) is 19.3 Å². The van der Waals surface area contributed by atoms with Crippen molar-refractivity contribution in [2.75, 3.05) is 6.61 Å². The molecule has 4 N–H and O–H groups in total. The number of carbonyl (C=O) groups excluding carboxylic acids is 2. The minimum atomic E-state index is -1.89. The normalized spacial score (nSPS) is 38.8. The molecule has 7 nitrogen and oxygen atoms in total. The van der Waals surface area contributed by atoms with Crippen LogP contribution in [0, 0.1) is 29.1 Å². The number of esters is 1. The molecule has 0 radical (unpaired) electrons. The fourth-order valence-corrected chi connectivity index (χ4v) is 8.74. The molecule has 4 aliphatic carbocycles. The fraction of sp³-hybridized carbons (Fsp3) is 0.824. The minimum absolute atomic E-state index is 0.0821. The topological polar surface area (TPSA) is 124 Å². The van der Waals surface area contributed by atoms with Crippen molar-refractivity contribution in [2.45, 2.75) is 141 Å². The quantitative estimate of drug-likeness (QED) is 0.128. The lowest BCUT2D eigenvalue weighted by Gasteiger charge is -2.52. The molecule has 2 fully saturated rings. The maximum atomic E-state index is 13.2. The number of rotatable bonds is 14. The highest BCUT2D eigenvalue weighted by molar-refractivity contribution is 6.04. The minimum Gasteiger partial charge on any atom is -0.459 e. The van der Waals surface area contributed by atoms with E-state index in [0.29, 0.717) is 11.1 Å². The van der Waals surface area contributed by atoms with Gasteiger partial charge in [0.15, 0.2) is 5.78 Å². The van der Waals surface area contributed by atoms with Crippen molar-refractivity contribution in [1.29, 1.82) is 0 Å². The number of carbonyl (C=O) groups is 2. The molecule has 4 aliphatic rings. The Balaban J connectivity index is 1.42. The van der Waals surface area contributed by atoms with Crippen molar-refractivity contribution >= 4 is 11.8 Å². The summed E-state index contributed by atoms with van der Waals surface area (Å²) in [6.45, 7) is 9.07. The molecule has 0 spiro atoms. The van der Waals surface area contributed by atoms with E-state index < -0.39 is 57.8 Å². The van der Waals surface area contributed by atoms with Crippen LogP contribution in [-0.2, 0) is 14.3 Å².